The minimum absolute atomic E-state index is 0.250. The van der Waals surface area contributed by atoms with Crippen molar-refractivity contribution in [2.24, 2.45) is 0 Å². The van der Waals surface area contributed by atoms with Gasteiger partial charge in [-0.15, -0.1) is 11.8 Å². The van der Waals surface area contributed by atoms with E-state index in [1.807, 2.05) is 6.56 Å². The lowest BCUT2D eigenvalue weighted by Crippen LogP contribution is -2.12. The summed E-state index contributed by atoms with van der Waals surface area (Å²) in [6.45, 7) is 4.27. The van der Waals surface area contributed by atoms with E-state index in [0.717, 1.165) is 12.8 Å². The molecule has 1 atom stereocenters. The summed E-state index contributed by atoms with van der Waals surface area (Å²) in [6, 6.07) is 0. The van der Waals surface area contributed by atoms with E-state index in [1.54, 1.807) is 0 Å². The molecule has 2 heteroatoms. The second-order valence-electron chi connectivity index (χ2n) is 3.87. The Morgan fingerprint density at radius 1 is 1.25 bits per heavy atom. The van der Waals surface area contributed by atoms with E-state index in [2.05, 4.69) is 31.2 Å². The van der Waals surface area contributed by atoms with Crippen LogP contribution in [-0.2, 0) is 0 Å². The molecule has 0 bridgehead atoms. The van der Waals surface area contributed by atoms with Crippen molar-refractivity contribution in [1.29, 1.82) is 0 Å². The number of thiol groups is 1. The molecule has 1 rings (SSSR count). The van der Waals surface area contributed by atoms with E-state index < -0.39 is 0 Å². The zero-order valence-corrected chi connectivity index (χ0v) is 8.66. The lowest BCUT2D eigenvalue weighted by molar-refractivity contribution is 0.526. The molecular weight excluding hydrogens is 163 g/mol. The fourth-order valence-corrected chi connectivity index (χ4v) is 1.69. The molecule has 0 aromatic heterocycles. The molecule has 0 aromatic carbocycles. The molecule has 0 aromatic rings. The molecule has 0 fully saturated rings. The van der Waals surface area contributed by atoms with Crippen LogP contribution in [0, 0.1) is 11.8 Å². The van der Waals surface area contributed by atoms with Crippen LogP contribution in [0.4, 0.5) is 0 Å². The molecule has 12 heavy (non-hydrogen) atoms. The molecule has 1 unspecified atom stereocenters. The van der Waals surface area contributed by atoms with Gasteiger partial charge in [-0.25, -0.2) is 12.5 Å². The zero-order chi connectivity index (χ0) is 8.86. The summed E-state index contributed by atoms with van der Waals surface area (Å²) in [5.74, 6) is 6.45. The monoisotopic (exact) mass is 179 g/mol. The third-order valence-corrected chi connectivity index (χ3v) is 3.10. The van der Waals surface area contributed by atoms with Crippen molar-refractivity contribution in [2.45, 2.75) is 50.8 Å². The molecule has 0 amide bonds. The second kappa shape index (κ2) is 4.87. The highest BCUT2D eigenvalue weighted by molar-refractivity contribution is 8.07. The van der Waals surface area contributed by atoms with Gasteiger partial charge in [0.05, 0.1) is 0 Å². The summed E-state index contributed by atoms with van der Waals surface area (Å²) in [7, 11) is 0. The van der Waals surface area contributed by atoms with Crippen molar-refractivity contribution >= 4 is 19.0 Å². The van der Waals surface area contributed by atoms with Crippen molar-refractivity contribution in [1.82, 2.24) is 0 Å². The van der Waals surface area contributed by atoms with Gasteiger partial charge in [-0.2, -0.15) is 0 Å². The highest BCUT2D eigenvalue weighted by atomic mass is 32.1. The zero-order valence-electron chi connectivity index (χ0n) is 7.77. The molecule has 0 N–H and O–H groups in total. The highest BCUT2D eigenvalue weighted by Crippen LogP contribution is 2.36. The first-order chi connectivity index (χ1) is 5.77. The number of hydrogen-bond acceptors (Lipinski definition) is 1. The number of hydrogen-bond donors (Lipinski definition) is 1. The van der Waals surface area contributed by atoms with Gasteiger partial charge in [0.15, 0.2) is 6.56 Å². The highest BCUT2D eigenvalue weighted by Gasteiger charge is 2.22. The van der Waals surface area contributed by atoms with Gasteiger partial charge in [-0.1, -0.05) is 26.2 Å². The fraction of sp³-hybridized carbons (Fsp3) is 0.800. The minimum atomic E-state index is 0.250. The first kappa shape index (κ1) is 10.1. The minimum Gasteiger partial charge on any atom is -0.234 e. The quantitative estimate of drug-likeness (QED) is 0.357. The molecule has 0 heterocycles. The fourth-order valence-electron chi connectivity index (χ4n) is 1.47. The number of rotatable bonds is 1. The standard InChI is InChI=1S/C10H16BS/c1-10(11-12)8-6-4-2-3-5-7-9-10/h12H,2-4,6,8-9H2,1H3. The van der Waals surface area contributed by atoms with Gasteiger partial charge in [0, 0.05) is 12.8 Å². The maximum Gasteiger partial charge on any atom is 0.194 e. The van der Waals surface area contributed by atoms with Crippen LogP contribution in [-0.4, -0.2) is 6.56 Å². The predicted molar refractivity (Wildman–Crippen MR) is 58.6 cm³/mol. The Kier molecular flexibility index (Phi) is 4.08. The SMILES string of the molecule is CC1([B]S)CC#CCCCCC1. The van der Waals surface area contributed by atoms with Gasteiger partial charge in [0.1, 0.15) is 0 Å². The van der Waals surface area contributed by atoms with Crippen molar-refractivity contribution in [3.05, 3.63) is 0 Å². The average Bonchev–Trinajstić information content (AvgIpc) is 2.18. The largest absolute Gasteiger partial charge is 0.234 e. The molecule has 65 valence electrons. The third-order valence-electron chi connectivity index (χ3n) is 2.48. The predicted octanol–water partition coefficient (Wildman–Crippen LogP) is 3.07. The molecule has 0 aliphatic heterocycles. The topological polar surface area (TPSA) is 0 Å². The van der Waals surface area contributed by atoms with E-state index in [9.17, 15) is 0 Å². The van der Waals surface area contributed by atoms with Crippen molar-refractivity contribution in [2.75, 3.05) is 0 Å². The van der Waals surface area contributed by atoms with E-state index in [1.165, 1.54) is 25.7 Å². The molecule has 1 aliphatic rings. The molecule has 1 radical (unpaired) electrons. The summed E-state index contributed by atoms with van der Waals surface area (Å²) < 4.78 is 0. The van der Waals surface area contributed by atoms with Gasteiger partial charge in [-0.05, 0) is 11.7 Å². The Balaban J connectivity index is 2.53. The van der Waals surface area contributed by atoms with Crippen molar-refractivity contribution < 1.29 is 0 Å². The Bertz CT molecular complexity index is 192. The summed E-state index contributed by atoms with van der Waals surface area (Å²) in [6.07, 6.45) is 7.22. The Hall–Kier alpha value is -0.0251. The second-order valence-corrected chi connectivity index (χ2v) is 4.13. The van der Waals surface area contributed by atoms with Gasteiger partial charge in [0.25, 0.3) is 0 Å². The van der Waals surface area contributed by atoms with Gasteiger partial charge in [0.2, 0.25) is 0 Å². The Morgan fingerprint density at radius 2 is 2.08 bits per heavy atom. The Labute approximate surface area is 82.1 Å². The normalized spacial score (nSPS) is 30.5. The smallest absolute Gasteiger partial charge is 0.194 e. The van der Waals surface area contributed by atoms with Crippen LogP contribution in [0.5, 0.6) is 0 Å². The average molecular weight is 179 g/mol. The maximum absolute atomic E-state index is 4.27. The van der Waals surface area contributed by atoms with E-state index >= 15 is 0 Å². The van der Waals surface area contributed by atoms with Crippen LogP contribution in [0.15, 0.2) is 0 Å². The summed E-state index contributed by atoms with van der Waals surface area (Å²) in [4.78, 5) is 0. The maximum atomic E-state index is 4.27. The van der Waals surface area contributed by atoms with Crippen LogP contribution in [0.3, 0.4) is 0 Å². The summed E-state index contributed by atoms with van der Waals surface area (Å²) in [5, 5.41) is 0.250. The summed E-state index contributed by atoms with van der Waals surface area (Å²) in [5.41, 5.74) is 0. The molecule has 0 saturated carbocycles. The molecule has 0 spiro atoms. The first-order valence-corrected chi connectivity index (χ1v) is 5.23. The van der Waals surface area contributed by atoms with E-state index in [4.69, 9.17) is 0 Å². The van der Waals surface area contributed by atoms with Crippen LogP contribution in [0.25, 0.3) is 0 Å². The molecule has 0 saturated heterocycles. The lowest BCUT2D eigenvalue weighted by atomic mass is 9.64. The lowest BCUT2D eigenvalue weighted by Gasteiger charge is -2.23. The van der Waals surface area contributed by atoms with Crippen LogP contribution >= 0.6 is 12.5 Å². The summed E-state index contributed by atoms with van der Waals surface area (Å²) >= 11 is 4.27. The third kappa shape index (κ3) is 3.15. The van der Waals surface area contributed by atoms with Crippen LogP contribution < -0.4 is 0 Å². The van der Waals surface area contributed by atoms with Gasteiger partial charge in [-0.3, -0.25) is 0 Å². The molecule has 0 nitrogen and oxygen atoms in total. The molecular formula is C10H16BS. The Morgan fingerprint density at radius 3 is 2.83 bits per heavy atom. The van der Waals surface area contributed by atoms with Crippen molar-refractivity contribution in [3.63, 3.8) is 0 Å². The van der Waals surface area contributed by atoms with E-state index in [-0.39, 0.29) is 5.31 Å². The van der Waals surface area contributed by atoms with Crippen LogP contribution in [0.2, 0.25) is 5.31 Å². The first-order valence-electron chi connectivity index (χ1n) is 4.71. The van der Waals surface area contributed by atoms with Crippen molar-refractivity contribution in [3.8, 4) is 11.8 Å². The van der Waals surface area contributed by atoms with Gasteiger partial charge >= 0.3 is 0 Å². The van der Waals surface area contributed by atoms with Gasteiger partial charge < -0.3 is 0 Å². The molecule has 1 aliphatic carbocycles. The van der Waals surface area contributed by atoms with Crippen LogP contribution in [0.1, 0.15) is 45.4 Å². The van der Waals surface area contributed by atoms with E-state index in [0.29, 0.717) is 0 Å².